The fourth-order valence-electron chi connectivity index (χ4n) is 2.60. The lowest BCUT2D eigenvalue weighted by Crippen LogP contribution is -2.16. The lowest BCUT2D eigenvalue weighted by atomic mass is 9.92. The number of anilines is 2. The van der Waals surface area contributed by atoms with Crippen molar-refractivity contribution < 1.29 is 13.2 Å². The van der Waals surface area contributed by atoms with Crippen LogP contribution in [-0.2, 0) is 15.4 Å². The molecule has 8 heteroatoms. The van der Waals surface area contributed by atoms with Gasteiger partial charge >= 0.3 is 0 Å². The molecule has 3 N–H and O–H groups in total. The molecule has 0 radical (unpaired) electrons. The van der Waals surface area contributed by atoms with Crippen LogP contribution in [0.5, 0.6) is 0 Å². The Balaban J connectivity index is 1.78. The standard InChI is InChI=1S/C21H24N4O3S/c1-14-8-10-16(11-9-14)25-29(27,28)17-7-5-6-15(12-17)20(26)22-19-13-18(23-24-19)21(2,3)4/h5-13,25H,1-4H3,(H2,22,23,24,26). The predicted molar refractivity (Wildman–Crippen MR) is 114 cm³/mol. The third kappa shape index (κ3) is 5.03. The van der Waals surface area contributed by atoms with Crippen LogP contribution in [0.4, 0.5) is 11.5 Å². The molecule has 0 aliphatic carbocycles. The van der Waals surface area contributed by atoms with E-state index in [1.807, 2.05) is 39.8 Å². The van der Waals surface area contributed by atoms with Crippen LogP contribution in [0, 0.1) is 6.92 Å². The van der Waals surface area contributed by atoms with Gasteiger partial charge in [-0.1, -0.05) is 44.5 Å². The van der Waals surface area contributed by atoms with E-state index in [0.29, 0.717) is 11.5 Å². The van der Waals surface area contributed by atoms with Gasteiger partial charge in [-0.25, -0.2) is 8.42 Å². The number of aryl methyl sites for hydroxylation is 1. The first-order valence-corrected chi connectivity index (χ1v) is 10.6. The molecule has 0 saturated heterocycles. The van der Waals surface area contributed by atoms with Crippen molar-refractivity contribution in [1.29, 1.82) is 0 Å². The van der Waals surface area contributed by atoms with Crippen LogP contribution >= 0.6 is 0 Å². The average molecular weight is 413 g/mol. The van der Waals surface area contributed by atoms with Crippen molar-refractivity contribution >= 4 is 27.4 Å². The van der Waals surface area contributed by atoms with Crippen molar-refractivity contribution in [1.82, 2.24) is 10.2 Å². The van der Waals surface area contributed by atoms with Crippen molar-refractivity contribution in [3.8, 4) is 0 Å². The number of sulfonamides is 1. The minimum Gasteiger partial charge on any atom is -0.305 e. The number of carbonyl (C=O) groups is 1. The second-order valence-corrected chi connectivity index (χ2v) is 9.55. The maximum Gasteiger partial charge on any atom is 0.261 e. The molecule has 2 aromatic carbocycles. The highest BCUT2D eigenvalue weighted by Crippen LogP contribution is 2.23. The quantitative estimate of drug-likeness (QED) is 0.587. The van der Waals surface area contributed by atoms with Crippen LogP contribution in [0.15, 0.2) is 59.5 Å². The van der Waals surface area contributed by atoms with E-state index in [-0.39, 0.29) is 15.9 Å². The van der Waals surface area contributed by atoms with E-state index >= 15 is 0 Å². The van der Waals surface area contributed by atoms with Gasteiger partial charge in [0.25, 0.3) is 15.9 Å². The molecule has 0 fully saturated rings. The Morgan fingerprint density at radius 1 is 1.03 bits per heavy atom. The summed E-state index contributed by atoms with van der Waals surface area (Å²) in [5.74, 6) is -0.0599. The largest absolute Gasteiger partial charge is 0.305 e. The third-order valence-corrected chi connectivity index (χ3v) is 5.72. The van der Waals surface area contributed by atoms with Gasteiger partial charge in [0.2, 0.25) is 0 Å². The van der Waals surface area contributed by atoms with E-state index in [9.17, 15) is 13.2 Å². The number of hydrogen-bond acceptors (Lipinski definition) is 4. The van der Waals surface area contributed by atoms with Crippen molar-refractivity contribution in [2.45, 2.75) is 38.0 Å². The maximum absolute atomic E-state index is 12.7. The van der Waals surface area contributed by atoms with Crippen LogP contribution in [0.3, 0.4) is 0 Å². The summed E-state index contributed by atoms with van der Waals surface area (Å²) < 4.78 is 27.9. The summed E-state index contributed by atoms with van der Waals surface area (Å²) in [7, 11) is -3.82. The second-order valence-electron chi connectivity index (χ2n) is 7.87. The molecule has 0 aliphatic heterocycles. The number of nitrogens with zero attached hydrogens (tertiary/aromatic N) is 1. The zero-order chi connectivity index (χ0) is 21.2. The van der Waals surface area contributed by atoms with Gasteiger partial charge in [-0.2, -0.15) is 5.10 Å². The van der Waals surface area contributed by atoms with Crippen LogP contribution in [0.2, 0.25) is 0 Å². The Bertz CT molecular complexity index is 1130. The monoisotopic (exact) mass is 412 g/mol. The first-order chi connectivity index (χ1) is 13.5. The highest BCUT2D eigenvalue weighted by Gasteiger charge is 2.19. The molecule has 0 aliphatic rings. The number of rotatable bonds is 5. The minimum atomic E-state index is -3.82. The van der Waals surface area contributed by atoms with Gasteiger partial charge in [0.1, 0.15) is 0 Å². The van der Waals surface area contributed by atoms with Gasteiger partial charge in [0.05, 0.1) is 4.90 Å². The fourth-order valence-corrected chi connectivity index (χ4v) is 3.70. The zero-order valence-electron chi connectivity index (χ0n) is 16.8. The van der Waals surface area contributed by atoms with Gasteiger partial charge in [0, 0.05) is 28.4 Å². The number of benzene rings is 2. The summed E-state index contributed by atoms with van der Waals surface area (Å²) >= 11 is 0. The smallest absolute Gasteiger partial charge is 0.261 e. The van der Waals surface area contributed by atoms with Crippen molar-refractivity contribution in [2.75, 3.05) is 10.0 Å². The Labute approximate surface area is 170 Å². The number of aromatic nitrogens is 2. The maximum atomic E-state index is 12.7. The number of hydrogen-bond donors (Lipinski definition) is 3. The minimum absolute atomic E-state index is 0.00290. The van der Waals surface area contributed by atoms with Crippen molar-refractivity contribution in [3.63, 3.8) is 0 Å². The molecule has 0 bridgehead atoms. The Morgan fingerprint density at radius 3 is 2.34 bits per heavy atom. The Kier molecular flexibility index (Phi) is 5.48. The van der Waals surface area contributed by atoms with E-state index < -0.39 is 15.9 Å². The number of H-pyrrole nitrogens is 1. The second kappa shape index (κ2) is 7.71. The zero-order valence-corrected chi connectivity index (χ0v) is 17.6. The van der Waals surface area contributed by atoms with Gasteiger partial charge in [0.15, 0.2) is 5.82 Å². The summed E-state index contributed by atoms with van der Waals surface area (Å²) in [6.07, 6.45) is 0. The topological polar surface area (TPSA) is 104 Å². The number of aromatic amines is 1. The highest BCUT2D eigenvalue weighted by molar-refractivity contribution is 7.92. The first kappa shape index (κ1) is 20.6. The summed E-state index contributed by atoms with van der Waals surface area (Å²) in [6, 6.07) is 14.6. The van der Waals surface area contributed by atoms with Crippen LogP contribution in [-0.4, -0.2) is 24.5 Å². The SMILES string of the molecule is Cc1ccc(NS(=O)(=O)c2cccc(C(=O)Nc3cc(C(C)(C)C)[nH]n3)c2)cc1. The van der Waals surface area contributed by atoms with Gasteiger partial charge < -0.3 is 5.32 Å². The van der Waals surface area contributed by atoms with E-state index in [0.717, 1.165) is 11.3 Å². The normalized spacial score (nSPS) is 11.9. The van der Waals surface area contributed by atoms with Gasteiger partial charge in [-0.3, -0.25) is 14.6 Å². The molecule has 7 nitrogen and oxygen atoms in total. The van der Waals surface area contributed by atoms with E-state index in [2.05, 4.69) is 20.2 Å². The molecule has 152 valence electrons. The summed E-state index contributed by atoms with van der Waals surface area (Å²) in [4.78, 5) is 12.6. The van der Waals surface area contributed by atoms with Gasteiger partial charge in [-0.15, -0.1) is 0 Å². The molecule has 3 rings (SSSR count). The average Bonchev–Trinajstić information content (AvgIpc) is 3.12. The molecule has 0 spiro atoms. The fraction of sp³-hybridized carbons (Fsp3) is 0.238. The first-order valence-electron chi connectivity index (χ1n) is 9.11. The molecule has 1 amide bonds. The molecular weight excluding hydrogens is 388 g/mol. The van der Waals surface area contributed by atoms with E-state index in [1.54, 1.807) is 24.3 Å². The molecule has 1 heterocycles. The third-order valence-electron chi connectivity index (χ3n) is 4.34. The van der Waals surface area contributed by atoms with Gasteiger partial charge in [-0.05, 0) is 37.3 Å². The summed E-state index contributed by atoms with van der Waals surface area (Å²) in [5, 5.41) is 9.68. The number of amides is 1. The van der Waals surface area contributed by atoms with Crippen LogP contribution < -0.4 is 10.0 Å². The molecule has 0 atom stereocenters. The lowest BCUT2D eigenvalue weighted by molar-refractivity contribution is 0.102. The number of nitrogens with one attached hydrogen (secondary N) is 3. The summed E-state index contributed by atoms with van der Waals surface area (Å²) in [6.45, 7) is 8.01. The summed E-state index contributed by atoms with van der Waals surface area (Å²) in [5.41, 5.74) is 2.45. The van der Waals surface area contributed by atoms with Crippen LogP contribution in [0.1, 0.15) is 42.4 Å². The molecular formula is C21H24N4O3S. The molecule has 0 saturated carbocycles. The van der Waals surface area contributed by atoms with Crippen molar-refractivity contribution in [2.24, 2.45) is 0 Å². The molecule has 1 aromatic heterocycles. The van der Waals surface area contributed by atoms with E-state index in [1.165, 1.54) is 18.2 Å². The Hall–Kier alpha value is -3.13. The highest BCUT2D eigenvalue weighted by atomic mass is 32.2. The predicted octanol–water partition coefficient (Wildman–Crippen LogP) is 4.07. The van der Waals surface area contributed by atoms with Crippen LogP contribution in [0.25, 0.3) is 0 Å². The molecule has 3 aromatic rings. The molecule has 29 heavy (non-hydrogen) atoms. The van der Waals surface area contributed by atoms with Crippen molar-refractivity contribution in [3.05, 3.63) is 71.4 Å². The Morgan fingerprint density at radius 2 is 1.72 bits per heavy atom. The van der Waals surface area contributed by atoms with E-state index in [4.69, 9.17) is 0 Å². The number of carbonyl (C=O) groups excluding carboxylic acids is 1. The molecule has 0 unspecified atom stereocenters. The lowest BCUT2D eigenvalue weighted by Gasteiger charge is -2.14.